The predicted octanol–water partition coefficient (Wildman–Crippen LogP) is 14.2. The Bertz CT molecular complexity index is 1650. The average molecular weight is 861 g/mol. The molecule has 8 aliphatic rings. The van der Waals surface area contributed by atoms with Crippen molar-refractivity contribution in [2.24, 2.45) is 92.2 Å². The fourth-order valence-electron chi connectivity index (χ4n) is 18.7. The number of fused-ring (bicyclic) bond motifs is 10. The highest BCUT2D eigenvalue weighted by atomic mass is 16.6. The van der Waals surface area contributed by atoms with Gasteiger partial charge < -0.3 is 9.84 Å². The zero-order valence-electron chi connectivity index (χ0n) is 41.5. The van der Waals surface area contributed by atoms with Gasteiger partial charge in [0.1, 0.15) is 17.2 Å². The number of hydrogen-bond acceptors (Lipinski definition) is 5. The Morgan fingerprint density at radius 1 is 0.548 bits per heavy atom. The highest BCUT2D eigenvalue weighted by Gasteiger charge is 2.64. The first-order valence-electron chi connectivity index (χ1n) is 26.6. The van der Waals surface area contributed by atoms with Gasteiger partial charge >= 0.3 is 11.9 Å². The normalized spacial score (nSPS) is 47.1. The maximum atomic E-state index is 12.5. The summed E-state index contributed by atoms with van der Waals surface area (Å²) in [5.74, 6) is 6.65. The number of esters is 1. The number of carboxylic acids is 1. The van der Waals surface area contributed by atoms with E-state index in [1.807, 2.05) is 13.8 Å². The van der Waals surface area contributed by atoms with E-state index in [-0.39, 0.29) is 39.7 Å². The minimum atomic E-state index is -0.567. The standard InChI is InChI=1S/2C28H46O3/c1-6-7-8-24(25(30)31)26(3)15-16-27(4)19(17-26)9-10-20-22-12-11-21(18(2)29)28(22,5)14-13-23(20)27;1-6-7-8-9-25(30)31-26(3)16-17-27(4)20(18-26)10-11-21-23-13-12-22(19(2)29)28(23,5)15-14-24(21)27/h19-24H,6-17H2,1-5H3,(H,30,31);20-24H,6-18H2,1-5H3/t19-,20-,21+,22-,23-,24?,26+,27-,28+;20-,21-,22+,23-,24-,26+,27-,28+/m00/s1. The molecule has 6 heteroatoms. The lowest BCUT2D eigenvalue weighted by Gasteiger charge is -2.63. The Labute approximate surface area is 378 Å². The quantitative estimate of drug-likeness (QED) is 0.155. The van der Waals surface area contributed by atoms with Gasteiger partial charge in [-0.3, -0.25) is 19.2 Å². The Morgan fingerprint density at radius 3 is 1.52 bits per heavy atom. The van der Waals surface area contributed by atoms with E-state index in [1.54, 1.807) is 0 Å². The third-order valence-corrected chi connectivity index (χ3v) is 22.3. The molecule has 0 aliphatic heterocycles. The van der Waals surface area contributed by atoms with Gasteiger partial charge in [-0.15, -0.1) is 0 Å². The number of unbranched alkanes of at least 4 members (excludes halogenated alkanes) is 3. The number of ether oxygens (including phenoxy) is 1. The third-order valence-electron chi connectivity index (χ3n) is 22.3. The highest BCUT2D eigenvalue weighted by molar-refractivity contribution is 5.80. The molecular formula is C56H92O6. The summed E-state index contributed by atoms with van der Waals surface area (Å²) in [6, 6.07) is 0. The molecule has 0 heterocycles. The molecule has 8 rings (SSSR count). The smallest absolute Gasteiger partial charge is 0.307 e. The van der Waals surface area contributed by atoms with Gasteiger partial charge in [-0.2, -0.15) is 0 Å². The molecule has 1 N–H and O–H groups in total. The molecule has 62 heavy (non-hydrogen) atoms. The van der Waals surface area contributed by atoms with Crippen molar-refractivity contribution in [1.82, 2.24) is 0 Å². The summed E-state index contributed by atoms with van der Waals surface area (Å²) in [6.07, 6.45) is 28.3. The second-order valence-electron chi connectivity index (χ2n) is 25.4. The summed E-state index contributed by atoms with van der Waals surface area (Å²) in [5.41, 5.74) is 0.907. The van der Waals surface area contributed by atoms with Crippen LogP contribution in [0.1, 0.15) is 230 Å². The maximum Gasteiger partial charge on any atom is 0.307 e. The van der Waals surface area contributed by atoms with E-state index < -0.39 is 5.97 Å². The van der Waals surface area contributed by atoms with Crippen molar-refractivity contribution in [2.75, 3.05) is 0 Å². The van der Waals surface area contributed by atoms with Gasteiger partial charge in [0.25, 0.3) is 0 Å². The Balaban J connectivity index is 0.000000186. The lowest BCUT2D eigenvalue weighted by Crippen LogP contribution is -2.56. The Kier molecular flexibility index (Phi) is 14.1. The van der Waals surface area contributed by atoms with Crippen molar-refractivity contribution in [3.63, 3.8) is 0 Å². The van der Waals surface area contributed by atoms with Gasteiger partial charge in [-0.1, -0.05) is 74.1 Å². The van der Waals surface area contributed by atoms with E-state index >= 15 is 0 Å². The zero-order valence-corrected chi connectivity index (χ0v) is 41.5. The van der Waals surface area contributed by atoms with Crippen LogP contribution in [0.2, 0.25) is 0 Å². The average Bonchev–Trinajstić information content (AvgIpc) is 3.76. The number of ketones is 2. The molecule has 0 aromatic heterocycles. The number of aliphatic carboxylic acids is 1. The molecule has 17 atom stereocenters. The minimum absolute atomic E-state index is 0.0166. The van der Waals surface area contributed by atoms with Crippen LogP contribution in [0.5, 0.6) is 0 Å². The monoisotopic (exact) mass is 861 g/mol. The molecule has 0 aromatic carbocycles. The number of carbonyl (C=O) groups is 4. The van der Waals surface area contributed by atoms with Gasteiger partial charge in [0.05, 0.1) is 5.92 Å². The topological polar surface area (TPSA) is 97.7 Å². The van der Waals surface area contributed by atoms with Gasteiger partial charge in [0, 0.05) is 18.3 Å². The first kappa shape index (κ1) is 48.2. The van der Waals surface area contributed by atoms with E-state index in [2.05, 4.69) is 55.4 Å². The molecule has 352 valence electrons. The van der Waals surface area contributed by atoms with E-state index in [0.717, 1.165) is 113 Å². The molecule has 8 fully saturated rings. The van der Waals surface area contributed by atoms with Crippen LogP contribution in [0.3, 0.4) is 0 Å². The van der Waals surface area contributed by atoms with Crippen LogP contribution in [0, 0.1) is 92.2 Å². The first-order valence-corrected chi connectivity index (χ1v) is 26.6. The second kappa shape index (κ2) is 18.2. The van der Waals surface area contributed by atoms with Crippen molar-refractivity contribution >= 4 is 23.5 Å². The molecule has 0 aromatic rings. The van der Waals surface area contributed by atoms with Gasteiger partial charge in [0.15, 0.2) is 0 Å². The third kappa shape index (κ3) is 8.47. The summed E-state index contributed by atoms with van der Waals surface area (Å²) in [7, 11) is 0. The zero-order chi connectivity index (χ0) is 45.0. The van der Waals surface area contributed by atoms with Crippen LogP contribution < -0.4 is 0 Å². The molecule has 0 bridgehead atoms. The van der Waals surface area contributed by atoms with Crippen molar-refractivity contribution in [3.8, 4) is 0 Å². The van der Waals surface area contributed by atoms with Crippen LogP contribution in [-0.2, 0) is 23.9 Å². The number of carboxylic acid groups (broad SMARTS) is 1. The lowest BCUT2D eigenvalue weighted by molar-refractivity contribution is -0.181. The maximum absolute atomic E-state index is 12.5. The summed E-state index contributed by atoms with van der Waals surface area (Å²) in [6.45, 7) is 22.5. The largest absolute Gasteiger partial charge is 0.481 e. The van der Waals surface area contributed by atoms with E-state index in [9.17, 15) is 24.3 Å². The second-order valence-corrected chi connectivity index (χ2v) is 25.4. The number of hydrogen-bond donors (Lipinski definition) is 1. The summed E-state index contributed by atoms with van der Waals surface area (Å²) < 4.78 is 6.10. The SMILES string of the molecule is CCCCC(C(=O)O)[C@]1(C)CC[C@@]2(C)[C@@H](CC[C@@H]3[C@@H]2CC[C@]2(C)[C@@H](C(C)=O)CC[C@@H]32)C1.CCCCCC(=O)O[C@]1(C)CC[C@@]2(C)[C@@H](CC[C@@H]3[C@@H]2CC[C@]2(C)[C@@H](C(C)=O)CC[C@@H]32)C1. The number of carbonyl (C=O) groups excluding carboxylic acids is 3. The van der Waals surface area contributed by atoms with Crippen molar-refractivity contribution in [2.45, 2.75) is 235 Å². The molecule has 6 nitrogen and oxygen atoms in total. The first-order chi connectivity index (χ1) is 29.2. The van der Waals surface area contributed by atoms with E-state index in [4.69, 9.17) is 4.74 Å². The minimum Gasteiger partial charge on any atom is -0.481 e. The van der Waals surface area contributed by atoms with Crippen LogP contribution in [0.4, 0.5) is 0 Å². The van der Waals surface area contributed by atoms with Crippen LogP contribution in [-0.4, -0.2) is 34.2 Å². The fraction of sp³-hybridized carbons (Fsp3) is 0.929. The van der Waals surface area contributed by atoms with Crippen molar-refractivity contribution in [3.05, 3.63) is 0 Å². The Hall–Kier alpha value is -1.72. The summed E-state index contributed by atoms with van der Waals surface area (Å²) >= 11 is 0. The lowest BCUT2D eigenvalue weighted by atomic mass is 9.42. The number of Topliss-reactive ketones (excluding diaryl/α,β-unsaturated/α-hetero) is 2. The van der Waals surface area contributed by atoms with Gasteiger partial charge in [-0.05, 0) is 224 Å². The van der Waals surface area contributed by atoms with E-state index in [0.29, 0.717) is 46.6 Å². The molecule has 0 radical (unpaired) electrons. The van der Waals surface area contributed by atoms with Crippen LogP contribution in [0.15, 0.2) is 0 Å². The van der Waals surface area contributed by atoms with Crippen molar-refractivity contribution < 1.29 is 29.0 Å². The molecule has 0 amide bonds. The summed E-state index contributed by atoms with van der Waals surface area (Å²) in [4.78, 5) is 49.4. The highest BCUT2D eigenvalue weighted by Crippen LogP contribution is 2.71. The molecular weight excluding hydrogens is 769 g/mol. The number of rotatable bonds is 12. The van der Waals surface area contributed by atoms with Crippen molar-refractivity contribution in [1.29, 1.82) is 0 Å². The predicted molar refractivity (Wildman–Crippen MR) is 249 cm³/mol. The molecule has 8 saturated carbocycles. The molecule has 1 unspecified atom stereocenters. The molecule has 8 aliphatic carbocycles. The van der Waals surface area contributed by atoms with Gasteiger partial charge in [-0.25, -0.2) is 0 Å². The van der Waals surface area contributed by atoms with E-state index in [1.165, 1.54) is 77.0 Å². The van der Waals surface area contributed by atoms with Crippen LogP contribution >= 0.6 is 0 Å². The molecule has 0 spiro atoms. The van der Waals surface area contributed by atoms with Gasteiger partial charge in [0.2, 0.25) is 0 Å². The molecule has 0 saturated heterocycles. The van der Waals surface area contributed by atoms with Crippen LogP contribution in [0.25, 0.3) is 0 Å². The Morgan fingerprint density at radius 2 is 1.03 bits per heavy atom. The fourth-order valence-corrected chi connectivity index (χ4v) is 18.7. The summed E-state index contributed by atoms with van der Waals surface area (Å²) in [5, 5.41) is 10.0.